The van der Waals surface area contributed by atoms with Crippen LogP contribution in [0.15, 0.2) is 60.7 Å². The van der Waals surface area contributed by atoms with Gasteiger partial charge in [-0.15, -0.1) is 10.2 Å². The minimum absolute atomic E-state index is 0.238. The largest absolute Gasteiger partial charge is 0.496 e. The number of anilines is 2. The molecule has 0 bridgehead atoms. The summed E-state index contributed by atoms with van der Waals surface area (Å²) in [6.45, 7) is 0.343. The van der Waals surface area contributed by atoms with Crippen LogP contribution in [0.5, 0.6) is 5.75 Å². The van der Waals surface area contributed by atoms with Gasteiger partial charge in [0, 0.05) is 22.8 Å². The van der Waals surface area contributed by atoms with Crippen molar-refractivity contribution >= 4 is 29.0 Å². The third-order valence-corrected chi connectivity index (χ3v) is 3.90. The molecular weight excluding hydrogens is 352 g/mol. The van der Waals surface area contributed by atoms with Gasteiger partial charge in [0.2, 0.25) is 0 Å². The maximum atomic E-state index is 12.2. The Balaban J connectivity index is 1.60. The van der Waals surface area contributed by atoms with Crippen molar-refractivity contribution in [3.8, 4) is 5.75 Å². The SMILES string of the molecule is COc1ccccc1CNC(=O)c1ccc(Nc2ccc(Cl)cc2)nn1. The topological polar surface area (TPSA) is 76.1 Å². The Labute approximate surface area is 156 Å². The van der Waals surface area contributed by atoms with Gasteiger partial charge in [0.25, 0.3) is 5.91 Å². The average Bonchev–Trinajstić information content (AvgIpc) is 2.68. The Morgan fingerprint density at radius 1 is 1.04 bits per heavy atom. The summed E-state index contributed by atoms with van der Waals surface area (Å²) in [6, 6.07) is 18.0. The molecule has 0 fully saturated rings. The van der Waals surface area contributed by atoms with Crippen molar-refractivity contribution < 1.29 is 9.53 Å². The van der Waals surface area contributed by atoms with Crippen molar-refractivity contribution in [2.24, 2.45) is 0 Å². The smallest absolute Gasteiger partial charge is 0.272 e. The van der Waals surface area contributed by atoms with Crippen LogP contribution >= 0.6 is 11.6 Å². The molecule has 7 heteroatoms. The third kappa shape index (κ3) is 4.49. The first-order chi connectivity index (χ1) is 12.7. The Morgan fingerprint density at radius 2 is 1.81 bits per heavy atom. The molecule has 1 aromatic heterocycles. The van der Waals surface area contributed by atoms with Gasteiger partial charge in [-0.25, -0.2) is 0 Å². The molecule has 0 aliphatic carbocycles. The van der Waals surface area contributed by atoms with Crippen molar-refractivity contribution in [3.63, 3.8) is 0 Å². The second-order valence-corrected chi connectivity index (χ2v) is 5.87. The van der Waals surface area contributed by atoms with E-state index in [0.717, 1.165) is 17.0 Å². The Kier molecular flexibility index (Phi) is 5.66. The van der Waals surface area contributed by atoms with E-state index in [0.29, 0.717) is 17.4 Å². The lowest BCUT2D eigenvalue weighted by atomic mass is 10.2. The van der Waals surface area contributed by atoms with E-state index in [-0.39, 0.29) is 11.6 Å². The molecule has 0 unspecified atom stereocenters. The highest BCUT2D eigenvalue weighted by Gasteiger charge is 2.10. The quantitative estimate of drug-likeness (QED) is 0.691. The fourth-order valence-corrected chi connectivity index (χ4v) is 2.44. The number of aromatic nitrogens is 2. The highest BCUT2D eigenvalue weighted by molar-refractivity contribution is 6.30. The van der Waals surface area contributed by atoms with Gasteiger partial charge >= 0.3 is 0 Å². The number of nitrogens with one attached hydrogen (secondary N) is 2. The zero-order valence-corrected chi connectivity index (χ0v) is 14.8. The number of para-hydroxylation sites is 1. The lowest BCUT2D eigenvalue weighted by molar-refractivity contribution is 0.0944. The summed E-state index contributed by atoms with van der Waals surface area (Å²) < 4.78 is 5.27. The molecule has 0 saturated heterocycles. The van der Waals surface area contributed by atoms with Gasteiger partial charge in [-0.3, -0.25) is 4.79 Å². The predicted octanol–water partition coefficient (Wildman–Crippen LogP) is 3.81. The Morgan fingerprint density at radius 3 is 2.50 bits per heavy atom. The van der Waals surface area contributed by atoms with Crippen LogP contribution in [-0.2, 0) is 6.54 Å². The van der Waals surface area contributed by atoms with Crippen molar-refractivity contribution in [2.75, 3.05) is 12.4 Å². The molecule has 0 radical (unpaired) electrons. The van der Waals surface area contributed by atoms with Crippen LogP contribution in [0.3, 0.4) is 0 Å². The molecule has 132 valence electrons. The van der Waals surface area contributed by atoms with Gasteiger partial charge in [-0.1, -0.05) is 29.8 Å². The van der Waals surface area contributed by atoms with Crippen LogP contribution in [0.2, 0.25) is 5.02 Å². The molecule has 0 saturated carbocycles. The number of benzene rings is 2. The van der Waals surface area contributed by atoms with E-state index in [1.54, 1.807) is 31.4 Å². The van der Waals surface area contributed by atoms with Crippen LogP contribution < -0.4 is 15.4 Å². The minimum Gasteiger partial charge on any atom is -0.496 e. The van der Waals surface area contributed by atoms with Crippen LogP contribution in [0.1, 0.15) is 16.1 Å². The second kappa shape index (κ2) is 8.31. The van der Waals surface area contributed by atoms with E-state index in [1.807, 2.05) is 36.4 Å². The van der Waals surface area contributed by atoms with Gasteiger partial charge in [0.05, 0.1) is 7.11 Å². The number of halogens is 1. The van der Waals surface area contributed by atoms with Crippen molar-refractivity contribution in [2.45, 2.75) is 6.54 Å². The van der Waals surface area contributed by atoms with Gasteiger partial charge < -0.3 is 15.4 Å². The van der Waals surface area contributed by atoms with Crippen molar-refractivity contribution in [1.82, 2.24) is 15.5 Å². The summed E-state index contributed by atoms with van der Waals surface area (Å²) in [5.41, 5.74) is 1.95. The molecule has 1 heterocycles. The lowest BCUT2D eigenvalue weighted by Crippen LogP contribution is -2.24. The van der Waals surface area contributed by atoms with Crippen LogP contribution in [0.4, 0.5) is 11.5 Å². The zero-order valence-electron chi connectivity index (χ0n) is 14.1. The Bertz CT molecular complexity index is 883. The van der Waals surface area contributed by atoms with E-state index < -0.39 is 0 Å². The van der Waals surface area contributed by atoms with E-state index in [4.69, 9.17) is 16.3 Å². The first-order valence-electron chi connectivity index (χ1n) is 7.92. The summed E-state index contributed by atoms with van der Waals surface area (Å²) in [5.74, 6) is 0.955. The first kappa shape index (κ1) is 17.7. The number of nitrogens with zero attached hydrogens (tertiary/aromatic N) is 2. The number of methoxy groups -OCH3 is 1. The monoisotopic (exact) mass is 368 g/mol. The van der Waals surface area contributed by atoms with Crippen molar-refractivity contribution in [3.05, 3.63) is 76.9 Å². The maximum Gasteiger partial charge on any atom is 0.272 e. The minimum atomic E-state index is -0.304. The van der Waals surface area contributed by atoms with E-state index >= 15 is 0 Å². The predicted molar refractivity (Wildman–Crippen MR) is 101 cm³/mol. The van der Waals surface area contributed by atoms with Gasteiger partial charge in [0.1, 0.15) is 5.75 Å². The fraction of sp³-hybridized carbons (Fsp3) is 0.105. The molecule has 0 spiro atoms. The molecule has 26 heavy (non-hydrogen) atoms. The third-order valence-electron chi connectivity index (χ3n) is 3.65. The number of carbonyl (C=O) groups excluding carboxylic acids is 1. The first-order valence-corrected chi connectivity index (χ1v) is 8.30. The van der Waals surface area contributed by atoms with E-state index in [2.05, 4.69) is 20.8 Å². The number of ether oxygens (including phenoxy) is 1. The van der Waals surface area contributed by atoms with Gasteiger partial charge in [-0.05, 0) is 42.5 Å². The van der Waals surface area contributed by atoms with E-state index in [1.165, 1.54) is 0 Å². The standard InChI is InChI=1S/C19H17ClN4O2/c1-26-17-5-3-2-4-13(17)12-21-19(25)16-10-11-18(24-23-16)22-15-8-6-14(20)7-9-15/h2-11H,12H2,1H3,(H,21,25)(H,22,24). The fourth-order valence-electron chi connectivity index (χ4n) is 2.32. The van der Waals surface area contributed by atoms with Crippen molar-refractivity contribution in [1.29, 1.82) is 0 Å². The highest BCUT2D eigenvalue weighted by atomic mass is 35.5. The molecular formula is C19H17ClN4O2. The molecule has 0 atom stereocenters. The summed E-state index contributed by atoms with van der Waals surface area (Å²) in [4.78, 5) is 12.2. The van der Waals surface area contributed by atoms with Gasteiger partial charge in [-0.2, -0.15) is 0 Å². The number of amides is 1. The number of hydrogen-bond donors (Lipinski definition) is 2. The maximum absolute atomic E-state index is 12.2. The molecule has 3 rings (SSSR count). The van der Waals surface area contributed by atoms with Crippen LogP contribution in [0, 0.1) is 0 Å². The van der Waals surface area contributed by atoms with Crippen LogP contribution in [0.25, 0.3) is 0 Å². The number of hydrogen-bond acceptors (Lipinski definition) is 5. The second-order valence-electron chi connectivity index (χ2n) is 5.43. The molecule has 0 aliphatic rings. The molecule has 3 aromatic rings. The lowest BCUT2D eigenvalue weighted by Gasteiger charge is -2.09. The summed E-state index contributed by atoms with van der Waals surface area (Å²) in [5, 5.41) is 14.5. The number of rotatable bonds is 6. The molecule has 2 N–H and O–H groups in total. The summed E-state index contributed by atoms with van der Waals surface area (Å²) in [7, 11) is 1.60. The Hall–Kier alpha value is -3.12. The van der Waals surface area contributed by atoms with Crippen LogP contribution in [-0.4, -0.2) is 23.2 Å². The molecule has 1 amide bonds. The van der Waals surface area contributed by atoms with E-state index in [9.17, 15) is 4.79 Å². The molecule has 6 nitrogen and oxygen atoms in total. The molecule has 0 aliphatic heterocycles. The summed E-state index contributed by atoms with van der Waals surface area (Å²) >= 11 is 5.86. The average molecular weight is 369 g/mol. The zero-order chi connectivity index (χ0) is 18.4. The summed E-state index contributed by atoms with van der Waals surface area (Å²) in [6.07, 6.45) is 0. The molecule has 2 aromatic carbocycles. The highest BCUT2D eigenvalue weighted by Crippen LogP contribution is 2.18. The van der Waals surface area contributed by atoms with Gasteiger partial charge in [0.15, 0.2) is 11.5 Å². The normalized spacial score (nSPS) is 10.2. The number of carbonyl (C=O) groups is 1.